The van der Waals surface area contributed by atoms with Crippen LogP contribution in [0.3, 0.4) is 0 Å². The Morgan fingerprint density at radius 1 is 1.47 bits per heavy atom. The number of aromatic nitrogens is 1. The molecule has 0 aromatic carbocycles. The van der Waals surface area contributed by atoms with Crippen molar-refractivity contribution in [2.45, 2.75) is 0 Å². The SMILES string of the molecule is CN(C)C(=O)c1ccc(OB(O)O)cn1. The van der Waals surface area contributed by atoms with Crippen LogP contribution in [0.15, 0.2) is 18.3 Å². The lowest BCUT2D eigenvalue weighted by molar-refractivity contribution is 0.0822. The first-order valence-corrected chi connectivity index (χ1v) is 4.21. The number of nitrogens with zero attached hydrogens (tertiary/aromatic N) is 2. The molecule has 0 aliphatic rings. The van der Waals surface area contributed by atoms with Crippen molar-refractivity contribution in [3.63, 3.8) is 0 Å². The first-order chi connectivity index (χ1) is 7.00. The lowest BCUT2D eigenvalue weighted by Crippen LogP contribution is -2.23. The Labute approximate surface area is 87.3 Å². The number of pyridine rings is 1. The van der Waals surface area contributed by atoms with Gasteiger partial charge in [0.1, 0.15) is 11.4 Å². The van der Waals surface area contributed by atoms with Crippen molar-refractivity contribution in [2.75, 3.05) is 14.1 Å². The first kappa shape index (κ1) is 11.5. The highest BCUT2D eigenvalue weighted by molar-refractivity contribution is 6.33. The number of hydrogen-bond acceptors (Lipinski definition) is 5. The molecular formula is C8H11BN2O4. The fourth-order valence-corrected chi connectivity index (χ4v) is 0.927. The van der Waals surface area contributed by atoms with Gasteiger partial charge in [-0.05, 0) is 12.1 Å². The van der Waals surface area contributed by atoms with Gasteiger partial charge in [0.05, 0.1) is 6.20 Å². The van der Waals surface area contributed by atoms with E-state index in [1.807, 2.05) is 0 Å². The van der Waals surface area contributed by atoms with Gasteiger partial charge in [0.25, 0.3) is 5.91 Å². The van der Waals surface area contributed by atoms with Crippen LogP contribution < -0.4 is 4.65 Å². The lowest BCUT2D eigenvalue weighted by Gasteiger charge is -2.09. The fourth-order valence-electron chi connectivity index (χ4n) is 0.927. The first-order valence-electron chi connectivity index (χ1n) is 4.21. The molecule has 6 nitrogen and oxygen atoms in total. The predicted molar refractivity (Wildman–Crippen MR) is 53.1 cm³/mol. The minimum Gasteiger partial charge on any atom is -0.511 e. The Bertz CT molecular complexity index is 339. The topological polar surface area (TPSA) is 82.9 Å². The van der Waals surface area contributed by atoms with Gasteiger partial charge in [-0.1, -0.05) is 0 Å². The standard InChI is InChI=1S/C8H11BN2O4/c1-11(2)8(12)7-4-3-6(5-10-7)15-9(13)14/h3-5,13-14H,1-2H3. The molecule has 0 unspecified atom stereocenters. The van der Waals surface area contributed by atoms with Crippen LogP contribution in [0.1, 0.15) is 10.5 Å². The van der Waals surface area contributed by atoms with E-state index in [4.69, 9.17) is 10.0 Å². The maximum absolute atomic E-state index is 11.4. The van der Waals surface area contributed by atoms with Crippen molar-refractivity contribution in [1.82, 2.24) is 9.88 Å². The molecule has 0 aliphatic carbocycles. The summed E-state index contributed by atoms with van der Waals surface area (Å²) in [5.41, 5.74) is 0.264. The number of carbonyl (C=O) groups excluding carboxylic acids is 1. The van der Waals surface area contributed by atoms with Crippen LogP contribution in [-0.2, 0) is 0 Å². The minimum atomic E-state index is -1.89. The van der Waals surface area contributed by atoms with Crippen LogP contribution in [-0.4, -0.2) is 47.3 Å². The summed E-state index contributed by atoms with van der Waals surface area (Å²) >= 11 is 0. The van der Waals surface area contributed by atoms with Crippen molar-refractivity contribution in [3.8, 4) is 5.75 Å². The van der Waals surface area contributed by atoms with E-state index in [1.165, 1.54) is 23.2 Å². The average molecular weight is 210 g/mol. The molecule has 0 radical (unpaired) electrons. The molecule has 0 aliphatic heterocycles. The summed E-state index contributed by atoms with van der Waals surface area (Å²) in [6, 6.07) is 2.88. The zero-order valence-corrected chi connectivity index (χ0v) is 8.41. The van der Waals surface area contributed by atoms with Crippen LogP contribution in [0.25, 0.3) is 0 Å². The predicted octanol–water partition coefficient (Wildman–Crippen LogP) is -0.868. The average Bonchev–Trinajstić information content (AvgIpc) is 2.17. The smallest absolute Gasteiger partial charge is 0.511 e. The Morgan fingerprint density at radius 2 is 2.13 bits per heavy atom. The molecule has 1 heterocycles. The molecule has 1 amide bonds. The van der Waals surface area contributed by atoms with E-state index in [9.17, 15) is 4.79 Å². The third-order valence-corrected chi connectivity index (χ3v) is 1.60. The van der Waals surface area contributed by atoms with Gasteiger partial charge in [-0.3, -0.25) is 4.79 Å². The van der Waals surface area contributed by atoms with E-state index in [-0.39, 0.29) is 17.4 Å². The summed E-state index contributed by atoms with van der Waals surface area (Å²) in [5.74, 6) is -0.0496. The van der Waals surface area contributed by atoms with Gasteiger partial charge in [-0.15, -0.1) is 0 Å². The molecule has 0 atom stereocenters. The van der Waals surface area contributed by atoms with Gasteiger partial charge < -0.3 is 19.6 Å². The summed E-state index contributed by atoms with van der Waals surface area (Å²) < 4.78 is 4.53. The highest BCUT2D eigenvalue weighted by Crippen LogP contribution is 2.09. The monoisotopic (exact) mass is 210 g/mol. The second-order valence-corrected chi connectivity index (χ2v) is 3.02. The third kappa shape index (κ3) is 3.23. The van der Waals surface area contributed by atoms with Gasteiger partial charge in [-0.25, -0.2) is 4.98 Å². The molecule has 1 aromatic rings. The van der Waals surface area contributed by atoms with Crippen molar-refractivity contribution in [2.24, 2.45) is 0 Å². The van der Waals surface area contributed by atoms with Crippen molar-refractivity contribution >= 4 is 13.2 Å². The van der Waals surface area contributed by atoms with Crippen LogP contribution in [0.2, 0.25) is 0 Å². The Hall–Kier alpha value is -1.60. The second kappa shape index (κ2) is 4.76. The molecule has 0 bridgehead atoms. The normalized spacial score (nSPS) is 9.60. The molecule has 15 heavy (non-hydrogen) atoms. The quantitative estimate of drug-likeness (QED) is 0.633. The molecule has 1 rings (SSSR count). The Balaban J connectivity index is 2.76. The zero-order valence-electron chi connectivity index (χ0n) is 8.41. The van der Waals surface area contributed by atoms with Crippen LogP contribution in [0, 0.1) is 0 Å². The lowest BCUT2D eigenvalue weighted by atomic mass is 10.2. The van der Waals surface area contributed by atoms with Gasteiger partial charge in [-0.2, -0.15) is 0 Å². The van der Waals surface area contributed by atoms with Crippen molar-refractivity contribution in [1.29, 1.82) is 0 Å². The maximum Gasteiger partial charge on any atom is 0.707 e. The fraction of sp³-hybridized carbons (Fsp3) is 0.250. The molecule has 80 valence electrons. The zero-order chi connectivity index (χ0) is 11.4. The number of hydrogen-bond donors (Lipinski definition) is 2. The van der Waals surface area contributed by atoms with E-state index >= 15 is 0 Å². The summed E-state index contributed by atoms with van der Waals surface area (Å²) in [7, 11) is 1.35. The number of amides is 1. The van der Waals surface area contributed by atoms with Crippen LogP contribution >= 0.6 is 0 Å². The third-order valence-electron chi connectivity index (χ3n) is 1.60. The highest BCUT2D eigenvalue weighted by Gasteiger charge is 2.13. The van der Waals surface area contributed by atoms with Crippen LogP contribution in [0.5, 0.6) is 5.75 Å². The summed E-state index contributed by atoms with van der Waals surface area (Å²) in [6.07, 6.45) is 1.25. The minimum absolute atomic E-state index is 0.181. The van der Waals surface area contributed by atoms with Crippen LogP contribution in [0.4, 0.5) is 0 Å². The van der Waals surface area contributed by atoms with Crippen molar-refractivity contribution in [3.05, 3.63) is 24.0 Å². The highest BCUT2D eigenvalue weighted by atomic mass is 16.6. The van der Waals surface area contributed by atoms with Gasteiger partial charge in [0.2, 0.25) is 0 Å². The number of carbonyl (C=O) groups is 1. The Morgan fingerprint density at radius 3 is 2.53 bits per heavy atom. The van der Waals surface area contributed by atoms with Gasteiger partial charge in [0, 0.05) is 14.1 Å². The van der Waals surface area contributed by atoms with E-state index in [2.05, 4.69) is 9.64 Å². The van der Waals surface area contributed by atoms with E-state index in [1.54, 1.807) is 14.1 Å². The molecule has 0 spiro atoms. The summed E-state index contributed by atoms with van der Waals surface area (Å²) in [4.78, 5) is 16.6. The molecule has 7 heteroatoms. The molecule has 0 fully saturated rings. The van der Waals surface area contributed by atoms with Crippen molar-refractivity contribution < 1.29 is 19.5 Å². The summed E-state index contributed by atoms with van der Waals surface area (Å²) in [6.45, 7) is 0. The molecule has 0 saturated heterocycles. The second-order valence-electron chi connectivity index (χ2n) is 3.02. The molecular weight excluding hydrogens is 199 g/mol. The Kier molecular flexibility index (Phi) is 3.65. The largest absolute Gasteiger partial charge is 0.707 e. The number of rotatable bonds is 3. The maximum atomic E-state index is 11.4. The molecule has 1 aromatic heterocycles. The van der Waals surface area contributed by atoms with E-state index in [0.717, 1.165) is 0 Å². The van der Waals surface area contributed by atoms with E-state index in [0.29, 0.717) is 0 Å². The van der Waals surface area contributed by atoms with Gasteiger partial charge in [0.15, 0.2) is 0 Å². The van der Waals surface area contributed by atoms with Gasteiger partial charge >= 0.3 is 7.32 Å². The molecule has 0 saturated carbocycles. The molecule has 2 N–H and O–H groups in total. The van der Waals surface area contributed by atoms with E-state index < -0.39 is 7.32 Å². The summed E-state index contributed by atoms with van der Waals surface area (Å²) in [5, 5.41) is 17.0.